The van der Waals surface area contributed by atoms with E-state index in [4.69, 9.17) is 8.83 Å². The number of hydrogen-bond acceptors (Lipinski definition) is 4. The van der Waals surface area contributed by atoms with Gasteiger partial charge in [0.2, 0.25) is 0 Å². The van der Waals surface area contributed by atoms with Gasteiger partial charge in [-0.25, -0.2) is 9.97 Å². The number of fused-ring (bicyclic) bond motifs is 2. The van der Waals surface area contributed by atoms with Crippen molar-refractivity contribution in [2.45, 2.75) is 33.6 Å². The van der Waals surface area contributed by atoms with Crippen molar-refractivity contribution >= 4 is 22.2 Å². The molecule has 0 spiro atoms. The van der Waals surface area contributed by atoms with E-state index in [2.05, 4.69) is 35.9 Å². The predicted molar refractivity (Wildman–Crippen MR) is 91.5 cm³/mol. The number of aryl methyl sites for hydroxylation is 3. The molecule has 2 aromatic carbocycles. The quantitative estimate of drug-likeness (QED) is 0.517. The van der Waals surface area contributed by atoms with Crippen LogP contribution in [0.4, 0.5) is 0 Å². The van der Waals surface area contributed by atoms with Crippen LogP contribution < -0.4 is 0 Å². The Bertz CT molecular complexity index is 921. The zero-order chi connectivity index (χ0) is 16.2. The van der Waals surface area contributed by atoms with Crippen molar-refractivity contribution in [3.05, 3.63) is 59.8 Å². The Hall–Kier alpha value is -2.62. The summed E-state index contributed by atoms with van der Waals surface area (Å²) in [6.07, 6.45) is 3.47. The molecule has 0 amide bonds. The number of para-hydroxylation sites is 2. The summed E-state index contributed by atoms with van der Waals surface area (Å²) in [7, 11) is 0. The molecule has 0 aliphatic carbocycles. The Morgan fingerprint density at radius 2 is 1.52 bits per heavy atom. The van der Waals surface area contributed by atoms with Crippen LogP contribution >= 0.6 is 0 Å². The maximum absolute atomic E-state index is 5.48. The Labute approximate surface area is 135 Å². The van der Waals surface area contributed by atoms with Crippen LogP contribution in [0.2, 0.25) is 0 Å². The standard InChI is InChI=1S/C10H11NO.C9H9NO/c1-3-8-5-4-6-9-10(8)12-7(2)11-9;1-2-7-4-3-5-8-9(7)11-6-10-8/h4-6H,3H2,1-2H3;3-6H,2H2,1H3. The summed E-state index contributed by atoms with van der Waals surface area (Å²) >= 11 is 0. The lowest BCUT2D eigenvalue weighted by Gasteiger charge is -1.94. The van der Waals surface area contributed by atoms with Crippen LogP contribution in [0.15, 0.2) is 51.6 Å². The van der Waals surface area contributed by atoms with Gasteiger partial charge in [-0.2, -0.15) is 0 Å². The molecule has 118 valence electrons. The van der Waals surface area contributed by atoms with E-state index in [0.717, 1.165) is 40.9 Å². The van der Waals surface area contributed by atoms with Crippen molar-refractivity contribution in [3.63, 3.8) is 0 Å². The molecule has 0 fully saturated rings. The molecule has 0 aliphatic rings. The van der Waals surface area contributed by atoms with Crippen LogP contribution in [-0.2, 0) is 12.8 Å². The largest absolute Gasteiger partial charge is 0.443 e. The summed E-state index contributed by atoms with van der Waals surface area (Å²) in [5.74, 6) is 0.742. The monoisotopic (exact) mass is 308 g/mol. The molecule has 4 nitrogen and oxygen atoms in total. The van der Waals surface area contributed by atoms with Crippen molar-refractivity contribution in [2.75, 3.05) is 0 Å². The molecular formula is C19H20N2O2. The van der Waals surface area contributed by atoms with Crippen molar-refractivity contribution in [1.82, 2.24) is 9.97 Å². The average Bonchev–Trinajstić information content (AvgIpc) is 3.19. The number of rotatable bonds is 2. The average molecular weight is 308 g/mol. The van der Waals surface area contributed by atoms with E-state index in [1.807, 2.05) is 31.2 Å². The van der Waals surface area contributed by atoms with Gasteiger partial charge in [0.1, 0.15) is 11.0 Å². The fraction of sp³-hybridized carbons (Fsp3) is 0.263. The second kappa shape index (κ2) is 6.65. The van der Waals surface area contributed by atoms with Crippen LogP contribution in [0.25, 0.3) is 22.2 Å². The second-order valence-electron chi connectivity index (χ2n) is 5.32. The summed E-state index contributed by atoms with van der Waals surface area (Å²) in [4.78, 5) is 8.32. The third kappa shape index (κ3) is 3.11. The first-order valence-corrected chi connectivity index (χ1v) is 7.89. The van der Waals surface area contributed by atoms with E-state index in [1.165, 1.54) is 17.5 Å². The molecule has 2 heterocycles. The van der Waals surface area contributed by atoms with E-state index in [1.54, 1.807) is 0 Å². The molecule has 0 saturated carbocycles. The van der Waals surface area contributed by atoms with Gasteiger partial charge in [0.15, 0.2) is 23.5 Å². The minimum Gasteiger partial charge on any atom is -0.443 e. The second-order valence-corrected chi connectivity index (χ2v) is 5.32. The number of benzene rings is 2. The molecule has 0 aliphatic heterocycles. The number of nitrogens with zero attached hydrogens (tertiary/aromatic N) is 2. The molecule has 0 bridgehead atoms. The third-order valence-corrected chi connectivity index (χ3v) is 3.80. The van der Waals surface area contributed by atoms with Crippen molar-refractivity contribution in [2.24, 2.45) is 0 Å². The minimum absolute atomic E-state index is 0.742. The smallest absolute Gasteiger partial charge is 0.192 e. The van der Waals surface area contributed by atoms with E-state index in [-0.39, 0.29) is 0 Å². The topological polar surface area (TPSA) is 52.1 Å². The minimum atomic E-state index is 0.742. The molecule has 0 radical (unpaired) electrons. The lowest BCUT2D eigenvalue weighted by atomic mass is 10.1. The van der Waals surface area contributed by atoms with Crippen molar-refractivity contribution < 1.29 is 8.83 Å². The Morgan fingerprint density at radius 1 is 0.870 bits per heavy atom. The lowest BCUT2D eigenvalue weighted by molar-refractivity contribution is 0.558. The highest BCUT2D eigenvalue weighted by molar-refractivity contribution is 5.76. The van der Waals surface area contributed by atoms with Gasteiger partial charge < -0.3 is 8.83 Å². The van der Waals surface area contributed by atoms with Crippen molar-refractivity contribution in [3.8, 4) is 0 Å². The first kappa shape index (κ1) is 15.3. The normalized spacial score (nSPS) is 10.7. The van der Waals surface area contributed by atoms with Gasteiger partial charge in [0, 0.05) is 6.92 Å². The first-order valence-electron chi connectivity index (χ1n) is 7.89. The molecule has 4 heteroatoms. The molecular weight excluding hydrogens is 288 g/mol. The van der Waals surface area contributed by atoms with Crippen LogP contribution in [0.5, 0.6) is 0 Å². The van der Waals surface area contributed by atoms with Crippen LogP contribution in [0, 0.1) is 6.92 Å². The number of oxazole rings is 2. The predicted octanol–water partition coefficient (Wildman–Crippen LogP) is 5.09. The van der Waals surface area contributed by atoms with Crippen LogP contribution in [-0.4, -0.2) is 9.97 Å². The summed E-state index contributed by atoms with van der Waals surface area (Å²) in [6, 6.07) is 12.1. The van der Waals surface area contributed by atoms with Gasteiger partial charge in [0.05, 0.1) is 0 Å². The Kier molecular flexibility index (Phi) is 4.42. The fourth-order valence-corrected chi connectivity index (χ4v) is 2.62. The molecule has 0 unspecified atom stereocenters. The highest BCUT2D eigenvalue weighted by atomic mass is 16.3. The van der Waals surface area contributed by atoms with Gasteiger partial charge in [0.25, 0.3) is 0 Å². The molecule has 4 rings (SSSR count). The van der Waals surface area contributed by atoms with E-state index in [9.17, 15) is 0 Å². The van der Waals surface area contributed by atoms with E-state index >= 15 is 0 Å². The Balaban J connectivity index is 0.000000136. The molecule has 23 heavy (non-hydrogen) atoms. The van der Waals surface area contributed by atoms with Crippen molar-refractivity contribution in [1.29, 1.82) is 0 Å². The highest BCUT2D eigenvalue weighted by Gasteiger charge is 2.04. The highest BCUT2D eigenvalue weighted by Crippen LogP contribution is 2.19. The summed E-state index contributed by atoms with van der Waals surface area (Å²) in [5.41, 5.74) is 6.23. The van der Waals surface area contributed by atoms with Gasteiger partial charge in [-0.05, 0) is 36.1 Å². The molecule has 4 aromatic rings. The Morgan fingerprint density at radius 3 is 2.22 bits per heavy atom. The van der Waals surface area contributed by atoms with Crippen LogP contribution in [0.1, 0.15) is 30.9 Å². The van der Waals surface area contributed by atoms with Gasteiger partial charge in [-0.3, -0.25) is 0 Å². The van der Waals surface area contributed by atoms with Gasteiger partial charge in [-0.15, -0.1) is 0 Å². The van der Waals surface area contributed by atoms with E-state index in [0.29, 0.717) is 0 Å². The number of hydrogen-bond donors (Lipinski definition) is 0. The molecule has 0 saturated heterocycles. The van der Waals surface area contributed by atoms with Gasteiger partial charge >= 0.3 is 0 Å². The summed E-state index contributed by atoms with van der Waals surface area (Å²) in [6.45, 7) is 6.10. The maximum Gasteiger partial charge on any atom is 0.192 e. The van der Waals surface area contributed by atoms with E-state index < -0.39 is 0 Å². The maximum atomic E-state index is 5.48. The fourth-order valence-electron chi connectivity index (χ4n) is 2.62. The third-order valence-electron chi connectivity index (χ3n) is 3.80. The molecule has 2 aromatic heterocycles. The van der Waals surface area contributed by atoms with Gasteiger partial charge in [-0.1, -0.05) is 38.1 Å². The lowest BCUT2D eigenvalue weighted by Crippen LogP contribution is -1.79. The zero-order valence-corrected chi connectivity index (χ0v) is 13.7. The summed E-state index contributed by atoms with van der Waals surface area (Å²) < 4.78 is 10.7. The first-order chi connectivity index (χ1) is 11.2. The molecule has 0 N–H and O–H groups in total. The number of aromatic nitrogens is 2. The summed E-state index contributed by atoms with van der Waals surface area (Å²) in [5, 5.41) is 0. The molecule has 0 atom stereocenters. The van der Waals surface area contributed by atoms with Crippen LogP contribution in [0.3, 0.4) is 0 Å². The zero-order valence-electron chi connectivity index (χ0n) is 13.7. The SMILES string of the molecule is CCc1cccc2nc(C)oc12.CCc1cccc2ncoc12.